The summed E-state index contributed by atoms with van der Waals surface area (Å²) in [4.78, 5) is 11.8. The van der Waals surface area contributed by atoms with Gasteiger partial charge in [0.1, 0.15) is 5.76 Å². The van der Waals surface area contributed by atoms with Crippen molar-refractivity contribution in [1.29, 1.82) is 0 Å². The summed E-state index contributed by atoms with van der Waals surface area (Å²) in [5, 5.41) is 7.29. The summed E-state index contributed by atoms with van der Waals surface area (Å²) in [5.41, 5.74) is 0.625. The molecule has 1 atom stereocenters. The molecule has 17 heavy (non-hydrogen) atoms. The van der Waals surface area contributed by atoms with Gasteiger partial charge >= 0.3 is 0 Å². The molecule has 1 aromatic rings. The number of aromatic nitrogens is 1. The van der Waals surface area contributed by atoms with Crippen LogP contribution in [-0.2, 0) is 6.42 Å². The largest absolute Gasteiger partial charge is 0.359 e. The van der Waals surface area contributed by atoms with E-state index in [4.69, 9.17) is 4.52 Å². The first-order chi connectivity index (χ1) is 8.22. The van der Waals surface area contributed by atoms with E-state index >= 15 is 0 Å². The van der Waals surface area contributed by atoms with Gasteiger partial charge in [0.25, 0.3) is 0 Å². The Morgan fingerprint density at radius 2 is 2.41 bits per heavy atom. The van der Waals surface area contributed by atoms with Crippen molar-refractivity contribution in [1.82, 2.24) is 10.5 Å². The van der Waals surface area contributed by atoms with Gasteiger partial charge in [-0.2, -0.15) is 0 Å². The number of nitrogens with one attached hydrogen (secondary N) is 1. The summed E-state index contributed by atoms with van der Waals surface area (Å²) >= 11 is 3.28. The maximum atomic E-state index is 11.8. The maximum absolute atomic E-state index is 11.8. The SMILES string of the molecule is CCC(=O)c1c(Br)noc1CC1CCCCN1. The van der Waals surface area contributed by atoms with Gasteiger partial charge in [-0.25, -0.2) is 0 Å². The average molecular weight is 301 g/mol. The van der Waals surface area contributed by atoms with Gasteiger partial charge in [0.2, 0.25) is 0 Å². The predicted octanol–water partition coefficient (Wildman–Crippen LogP) is 2.71. The predicted molar refractivity (Wildman–Crippen MR) is 68.2 cm³/mol. The number of hydrogen-bond donors (Lipinski definition) is 1. The first-order valence-corrected chi connectivity index (χ1v) is 6.92. The lowest BCUT2D eigenvalue weighted by Gasteiger charge is -2.22. The van der Waals surface area contributed by atoms with Crippen LogP contribution in [0.25, 0.3) is 0 Å². The fourth-order valence-corrected chi connectivity index (χ4v) is 2.72. The lowest BCUT2D eigenvalue weighted by atomic mass is 9.98. The molecule has 0 bridgehead atoms. The molecule has 1 aromatic heterocycles. The molecule has 1 aliphatic heterocycles. The van der Waals surface area contributed by atoms with E-state index in [1.807, 2.05) is 6.92 Å². The number of piperidine rings is 1. The minimum Gasteiger partial charge on any atom is -0.359 e. The molecule has 94 valence electrons. The fraction of sp³-hybridized carbons (Fsp3) is 0.667. The van der Waals surface area contributed by atoms with E-state index < -0.39 is 0 Å². The Bertz CT molecular complexity index is 397. The summed E-state index contributed by atoms with van der Waals surface area (Å²) in [7, 11) is 0. The molecule has 1 aliphatic rings. The Kier molecular flexibility index (Phi) is 4.34. The van der Waals surface area contributed by atoms with E-state index in [2.05, 4.69) is 26.4 Å². The van der Waals surface area contributed by atoms with Crippen molar-refractivity contribution in [2.75, 3.05) is 6.54 Å². The molecule has 2 heterocycles. The van der Waals surface area contributed by atoms with Gasteiger partial charge in [-0.3, -0.25) is 4.79 Å². The second-order valence-corrected chi connectivity index (χ2v) is 5.15. The van der Waals surface area contributed by atoms with Crippen LogP contribution in [0.2, 0.25) is 0 Å². The van der Waals surface area contributed by atoms with E-state index in [1.54, 1.807) is 0 Å². The number of Topliss-reactive ketones (excluding diaryl/α,β-unsaturated/α-hetero) is 1. The molecule has 2 rings (SSSR count). The fourth-order valence-electron chi connectivity index (χ4n) is 2.21. The third-order valence-electron chi connectivity index (χ3n) is 3.17. The lowest BCUT2D eigenvalue weighted by Crippen LogP contribution is -2.35. The molecule has 0 radical (unpaired) electrons. The smallest absolute Gasteiger partial charge is 0.168 e. The van der Waals surface area contributed by atoms with Crippen molar-refractivity contribution >= 4 is 21.7 Å². The van der Waals surface area contributed by atoms with Crippen molar-refractivity contribution < 1.29 is 9.32 Å². The highest BCUT2D eigenvalue weighted by molar-refractivity contribution is 9.10. The highest BCUT2D eigenvalue weighted by Crippen LogP contribution is 2.24. The number of nitrogens with zero attached hydrogens (tertiary/aromatic N) is 1. The van der Waals surface area contributed by atoms with Crippen molar-refractivity contribution in [2.24, 2.45) is 0 Å². The van der Waals surface area contributed by atoms with Crippen LogP contribution in [-0.4, -0.2) is 23.5 Å². The molecule has 0 spiro atoms. The molecule has 4 nitrogen and oxygen atoms in total. The molecule has 1 N–H and O–H groups in total. The zero-order chi connectivity index (χ0) is 12.3. The summed E-state index contributed by atoms with van der Waals surface area (Å²) < 4.78 is 5.80. The standard InChI is InChI=1S/C12H17BrN2O2/c1-2-9(16)11-10(17-15-12(11)13)7-8-5-3-4-6-14-8/h8,14H,2-7H2,1H3. The van der Waals surface area contributed by atoms with Crippen LogP contribution < -0.4 is 5.32 Å². The van der Waals surface area contributed by atoms with E-state index in [0.29, 0.717) is 28.4 Å². The Morgan fingerprint density at radius 1 is 1.59 bits per heavy atom. The summed E-state index contributed by atoms with van der Waals surface area (Å²) in [5.74, 6) is 0.798. The lowest BCUT2D eigenvalue weighted by molar-refractivity contribution is 0.0985. The Hall–Kier alpha value is -0.680. The minimum atomic E-state index is 0.0870. The molecule has 1 saturated heterocycles. The van der Waals surface area contributed by atoms with E-state index in [9.17, 15) is 4.79 Å². The number of rotatable bonds is 4. The van der Waals surface area contributed by atoms with E-state index in [-0.39, 0.29) is 5.78 Å². The van der Waals surface area contributed by atoms with E-state index in [1.165, 1.54) is 12.8 Å². The molecule has 0 saturated carbocycles. The van der Waals surface area contributed by atoms with Gasteiger partial charge in [-0.05, 0) is 35.3 Å². The zero-order valence-electron chi connectivity index (χ0n) is 9.96. The number of carbonyl (C=O) groups excluding carboxylic acids is 1. The summed E-state index contributed by atoms with van der Waals surface area (Å²) in [6.45, 7) is 2.90. The molecule has 0 aromatic carbocycles. The first-order valence-electron chi connectivity index (χ1n) is 6.13. The Balaban J connectivity index is 2.12. The van der Waals surface area contributed by atoms with Gasteiger partial charge < -0.3 is 9.84 Å². The Morgan fingerprint density at radius 3 is 3.06 bits per heavy atom. The van der Waals surface area contributed by atoms with Gasteiger partial charge in [0.05, 0.1) is 5.56 Å². The number of halogens is 1. The van der Waals surface area contributed by atoms with Crippen molar-refractivity contribution in [3.8, 4) is 0 Å². The molecule has 0 amide bonds. The van der Waals surface area contributed by atoms with Crippen LogP contribution in [0, 0.1) is 0 Å². The van der Waals surface area contributed by atoms with Crippen molar-refractivity contribution in [2.45, 2.75) is 45.1 Å². The van der Waals surface area contributed by atoms with Crippen molar-refractivity contribution in [3.63, 3.8) is 0 Å². The molecule has 1 fully saturated rings. The number of carbonyl (C=O) groups is 1. The van der Waals surface area contributed by atoms with Crippen LogP contribution in [0.4, 0.5) is 0 Å². The highest BCUT2D eigenvalue weighted by atomic mass is 79.9. The second kappa shape index (κ2) is 5.78. The molecule has 5 heteroatoms. The van der Waals surface area contributed by atoms with Crippen molar-refractivity contribution in [3.05, 3.63) is 15.9 Å². The number of ketones is 1. The normalized spacial score (nSPS) is 20.5. The minimum absolute atomic E-state index is 0.0870. The van der Waals surface area contributed by atoms with Gasteiger partial charge in [0.15, 0.2) is 10.4 Å². The topological polar surface area (TPSA) is 55.1 Å². The first kappa shape index (κ1) is 12.8. The van der Waals surface area contributed by atoms with Crippen LogP contribution in [0.3, 0.4) is 0 Å². The Labute approximate surface area is 109 Å². The summed E-state index contributed by atoms with van der Waals surface area (Å²) in [6, 6.07) is 0.409. The number of hydrogen-bond acceptors (Lipinski definition) is 4. The second-order valence-electron chi connectivity index (χ2n) is 4.40. The summed E-state index contributed by atoms with van der Waals surface area (Å²) in [6.07, 6.45) is 4.84. The van der Waals surface area contributed by atoms with Crippen LogP contribution in [0.1, 0.15) is 48.7 Å². The third-order valence-corrected chi connectivity index (χ3v) is 3.71. The van der Waals surface area contributed by atoms with Crippen LogP contribution in [0.15, 0.2) is 9.13 Å². The third kappa shape index (κ3) is 2.96. The molecular formula is C12H17BrN2O2. The molecular weight excluding hydrogens is 284 g/mol. The zero-order valence-corrected chi connectivity index (χ0v) is 11.5. The quantitative estimate of drug-likeness (QED) is 0.869. The van der Waals surface area contributed by atoms with Crippen LogP contribution in [0.5, 0.6) is 0 Å². The van der Waals surface area contributed by atoms with E-state index in [0.717, 1.165) is 19.4 Å². The van der Waals surface area contributed by atoms with Crippen LogP contribution >= 0.6 is 15.9 Å². The monoisotopic (exact) mass is 300 g/mol. The van der Waals surface area contributed by atoms with Gasteiger partial charge in [-0.15, -0.1) is 0 Å². The highest BCUT2D eigenvalue weighted by Gasteiger charge is 2.23. The maximum Gasteiger partial charge on any atom is 0.168 e. The molecule has 0 aliphatic carbocycles. The molecule has 1 unspecified atom stereocenters. The average Bonchev–Trinajstić information content (AvgIpc) is 2.71. The van der Waals surface area contributed by atoms with Gasteiger partial charge in [0, 0.05) is 18.9 Å². The van der Waals surface area contributed by atoms with Gasteiger partial charge in [-0.1, -0.05) is 18.5 Å².